The van der Waals surface area contributed by atoms with Crippen LogP contribution in [0.2, 0.25) is 5.02 Å². The van der Waals surface area contributed by atoms with E-state index in [1.807, 2.05) is 12.1 Å². The minimum Gasteiger partial charge on any atom is -0.368 e. The average molecular weight is 477 g/mol. The number of likely N-dealkylation sites (N-methyl/N-ethyl adjacent to an activating group) is 1. The van der Waals surface area contributed by atoms with Crippen molar-refractivity contribution in [2.45, 2.75) is 24.7 Å². The molecule has 2 aromatic rings. The van der Waals surface area contributed by atoms with Gasteiger partial charge in [0.25, 0.3) is 0 Å². The first-order valence-electron chi connectivity index (χ1n) is 10.6. The third-order valence-electron chi connectivity index (χ3n) is 5.35. The Hall–Kier alpha value is -2.42. The summed E-state index contributed by atoms with van der Waals surface area (Å²) in [5.74, 6) is 0.633. The Morgan fingerprint density at radius 1 is 1.22 bits per heavy atom. The molecule has 0 spiro atoms. The van der Waals surface area contributed by atoms with Crippen LogP contribution in [0.4, 0.5) is 0 Å². The quantitative estimate of drug-likeness (QED) is 0.514. The van der Waals surface area contributed by atoms with E-state index in [1.165, 1.54) is 0 Å². The number of hydrogen-bond donors (Lipinski definition) is 2. The summed E-state index contributed by atoms with van der Waals surface area (Å²) in [4.78, 5) is 18.6. The smallest absolute Gasteiger partial charge is 0.223 e. The minimum absolute atomic E-state index is 0.0371. The van der Waals surface area contributed by atoms with E-state index in [2.05, 4.69) is 27.8 Å². The summed E-state index contributed by atoms with van der Waals surface area (Å²) >= 11 is 6.07. The monoisotopic (exact) mass is 476 g/mol. The number of carbonyl (C=O) groups is 1. The molecule has 0 fully saturated rings. The third-order valence-corrected chi connectivity index (χ3v) is 7.52. The standard InChI is InChI=1S/C23H29ClN4O3S/c1-17-4-3-5-20(24)22(17)32(30,31)16-25-12-10-21(29)28(2)15-11-18-6-8-19(9-7-18)23-26-13-14-27-23/h3-9,25H,10-16H2,1-2H3,(H,26,27). The van der Waals surface area contributed by atoms with E-state index in [9.17, 15) is 13.2 Å². The van der Waals surface area contributed by atoms with Crippen LogP contribution in [0.25, 0.3) is 0 Å². The van der Waals surface area contributed by atoms with Gasteiger partial charge in [-0.3, -0.25) is 9.79 Å². The van der Waals surface area contributed by atoms with Gasteiger partial charge in [0.1, 0.15) is 11.7 Å². The molecule has 0 aromatic heterocycles. The van der Waals surface area contributed by atoms with E-state index in [-0.39, 0.29) is 34.7 Å². The van der Waals surface area contributed by atoms with Gasteiger partial charge in [-0.15, -0.1) is 0 Å². The minimum atomic E-state index is -3.58. The normalized spacial score (nSPS) is 13.5. The van der Waals surface area contributed by atoms with Crippen molar-refractivity contribution in [3.63, 3.8) is 0 Å². The number of halogens is 1. The second-order valence-electron chi connectivity index (χ2n) is 7.81. The lowest BCUT2D eigenvalue weighted by molar-refractivity contribution is -0.129. The van der Waals surface area contributed by atoms with Gasteiger partial charge in [0.15, 0.2) is 9.84 Å². The van der Waals surface area contributed by atoms with Crippen molar-refractivity contribution in [3.8, 4) is 0 Å². The average Bonchev–Trinajstić information content (AvgIpc) is 3.30. The molecule has 172 valence electrons. The van der Waals surface area contributed by atoms with Crippen molar-refractivity contribution >= 4 is 33.2 Å². The summed E-state index contributed by atoms with van der Waals surface area (Å²) in [6.07, 6.45) is 0.966. The predicted molar refractivity (Wildman–Crippen MR) is 128 cm³/mol. The van der Waals surface area contributed by atoms with Crippen LogP contribution in [0.3, 0.4) is 0 Å². The Labute approximate surface area is 194 Å². The number of sulfone groups is 1. The van der Waals surface area contributed by atoms with Crippen LogP contribution in [0, 0.1) is 6.92 Å². The van der Waals surface area contributed by atoms with Gasteiger partial charge in [0.2, 0.25) is 5.91 Å². The Morgan fingerprint density at radius 3 is 2.62 bits per heavy atom. The highest BCUT2D eigenvalue weighted by Crippen LogP contribution is 2.25. The molecule has 0 unspecified atom stereocenters. The number of amidine groups is 1. The second kappa shape index (κ2) is 10.9. The fourth-order valence-corrected chi connectivity index (χ4v) is 5.57. The largest absolute Gasteiger partial charge is 0.368 e. The van der Waals surface area contributed by atoms with Crippen molar-refractivity contribution in [2.24, 2.45) is 4.99 Å². The maximum absolute atomic E-state index is 12.6. The number of hydrogen-bond acceptors (Lipinski definition) is 6. The molecule has 0 saturated heterocycles. The molecule has 7 nitrogen and oxygen atoms in total. The lowest BCUT2D eigenvalue weighted by Crippen LogP contribution is -2.33. The van der Waals surface area contributed by atoms with Gasteiger partial charge in [-0.05, 0) is 30.5 Å². The first kappa shape index (κ1) is 24.2. The molecule has 1 aliphatic heterocycles. The van der Waals surface area contributed by atoms with Crippen LogP contribution in [0.15, 0.2) is 52.4 Å². The summed E-state index contributed by atoms with van der Waals surface area (Å²) in [6.45, 7) is 4.27. The number of rotatable bonds is 10. The van der Waals surface area contributed by atoms with Crippen LogP contribution in [-0.4, -0.2) is 64.2 Å². The lowest BCUT2D eigenvalue weighted by atomic mass is 10.1. The van der Waals surface area contributed by atoms with E-state index < -0.39 is 9.84 Å². The molecule has 32 heavy (non-hydrogen) atoms. The predicted octanol–water partition coefficient (Wildman–Crippen LogP) is 2.41. The highest BCUT2D eigenvalue weighted by Gasteiger charge is 2.20. The number of aliphatic imine (C=N–C) groups is 1. The topological polar surface area (TPSA) is 90.9 Å². The molecule has 0 aliphatic carbocycles. The third kappa shape index (κ3) is 6.31. The fourth-order valence-electron chi connectivity index (χ4n) is 3.52. The zero-order valence-corrected chi connectivity index (χ0v) is 20.0. The number of benzene rings is 2. The number of amides is 1. The molecule has 0 bridgehead atoms. The molecule has 2 N–H and O–H groups in total. The first-order chi connectivity index (χ1) is 15.3. The van der Waals surface area contributed by atoms with Crippen molar-refractivity contribution < 1.29 is 13.2 Å². The molecule has 0 radical (unpaired) electrons. The number of aryl methyl sites for hydroxylation is 1. The zero-order valence-electron chi connectivity index (χ0n) is 18.4. The summed E-state index contributed by atoms with van der Waals surface area (Å²) in [6, 6.07) is 13.2. The number of nitrogens with one attached hydrogen (secondary N) is 2. The Kier molecular flexibility index (Phi) is 8.28. The maximum Gasteiger partial charge on any atom is 0.223 e. The van der Waals surface area contributed by atoms with Gasteiger partial charge >= 0.3 is 0 Å². The first-order valence-corrected chi connectivity index (χ1v) is 12.6. The van der Waals surface area contributed by atoms with Crippen molar-refractivity contribution in [2.75, 3.05) is 39.1 Å². The van der Waals surface area contributed by atoms with Crippen molar-refractivity contribution in [1.82, 2.24) is 15.5 Å². The summed E-state index contributed by atoms with van der Waals surface area (Å²) in [5.41, 5.74) is 2.82. The van der Waals surface area contributed by atoms with Crippen molar-refractivity contribution in [3.05, 3.63) is 64.2 Å². The van der Waals surface area contributed by atoms with Crippen LogP contribution >= 0.6 is 11.6 Å². The Bertz CT molecular complexity index is 1060. The van der Waals surface area contributed by atoms with Gasteiger partial charge in [-0.25, -0.2) is 8.42 Å². The Morgan fingerprint density at radius 2 is 1.97 bits per heavy atom. The van der Waals surface area contributed by atoms with Crippen molar-refractivity contribution in [1.29, 1.82) is 0 Å². The van der Waals surface area contributed by atoms with Crippen LogP contribution in [0.1, 0.15) is 23.1 Å². The van der Waals surface area contributed by atoms with Gasteiger partial charge < -0.3 is 15.5 Å². The van der Waals surface area contributed by atoms with E-state index in [0.29, 0.717) is 12.1 Å². The molecule has 1 aliphatic rings. The van der Waals surface area contributed by atoms with Gasteiger partial charge in [-0.1, -0.05) is 48.0 Å². The summed E-state index contributed by atoms with van der Waals surface area (Å²) in [7, 11) is -1.82. The lowest BCUT2D eigenvalue weighted by Gasteiger charge is -2.17. The van der Waals surface area contributed by atoms with Crippen LogP contribution in [-0.2, 0) is 21.1 Å². The van der Waals surface area contributed by atoms with Gasteiger partial charge in [-0.2, -0.15) is 0 Å². The summed E-state index contributed by atoms with van der Waals surface area (Å²) < 4.78 is 25.1. The number of carbonyl (C=O) groups excluding carboxylic acids is 1. The SMILES string of the molecule is Cc1cccc(Cl)c1S(=O)(=O)CNCCC(=O)N(C)CCc1ccc(C2=NCCN2)cc1. The zero-order chi connectivity index (χ0) is 23.1. The number of nitrogens with zero attached hydrogens (tertiary/aromatic N) is 2. The second-order valence-corrected chi connectivity index (χ2v) is 10.1. The van der Waals surface area contributed by atoms with E-state index in [1.54, 1.807) is 37.1 Å². The van der Waals surface area contributed by atoms with Crippen LogP contribution < -0.4 is 10.6 Å². The highest BCUT2D eigenvalue weighted by atomic mass is 35.5. The Balaban J connectivity index is 1.41. The van der Waals surface area contributed by atoms with E-state index in [4.69, 9.17) is 11.6 Å². The molecule has 1 heterocycles. The summed E-state index contributed by atoms with van der Waals surface area (Å²) in [5, 5.41) is 6.32. The fraction of sp³-hybridized carbons (Fsp3) is 0.391. The molecule has 0 saturated carbocycles. The maximum atomic E-state index is 12.6. The van der Waals surface area contributed by atoms with E-state index in [0.717, 1.165) is 36.5 Å². The van der Waals surface area contributed by atoms with E-state index >= 15 is 0 Å². The molecule has 0 atom stereocenters. The van der Waals surface area contributed by atoms with Gasteiger partial charge in [0, 0.05) is 38.7 Å². The molecule has 3 rings (SSSR count). The van der Waals surface area contributed by atoms with Gasteiger partial charge in [0.05, 0.1) is 16.5 Å². The highest BCUT2D eigenvalue weighted by molar-refractivity contribution is 7.91. The molecule has 2 aromatic carbocycles. The molecular formula is C23H29ClN4O3S. The molecular weight excluding hydrogens is 448 g/mol. The van der Waals surface area contributed by atoms with Crippen LogP contribution in [0.5, 0.6) is 0 Å². The molecule has 9 heteroatoms. The molecule has 1 amide bonds.